The molecule has 7 heteroatoms. The van der Waals surface area contributed by atoms with E-state index in [1.54, 1.807) is 25.2 Å². The lowest BCUT2D eigenvalue weighted by Crippen LogP contribution is -2.41. The predicted octanol–water partition coefficient (Wildman–Crippen LogP) is 2.70. The second kappa shape index (κ2) is 9.47. The molecule has 2 rings (SSSR count). The summed E-state index contributed by atoms with van der Waals surface area (Å²) in [6.07, 6.45) is 0. The minimum atomic E-state index is -0.365. The molecule has 0 heterocycles. The van der Waals surface area contributed by atoms with Crippen LogP contribution in [0.3, 0.4) is 0 Å². The van der Waals surface area contributed by atoms with Crippen LogP contribution in [-0.4, -0.2) is 45.7 Å². The molecule has 3 N–H and O–H groups in total. The molecule has 0 saturated carbocycles. The van der Waals surface area contributed by atoms with E-state index in [1.807, 2.05) is 44.3 Å². The topological polar surface area (TPSA) is 82.7 Å². The van der Waals surface area contributed by atoms with Gasteiger partial charge < -0.3 is 25.6 Å². The van der Waals surface area contributed by atoms with E-state index in [0.717, 1.165) is 5.69 Å². The van der Waals surface area contributed by atoms with Gasteiger partial charge in [-0.2, -0.15) is 0 Å². The maximum absolute atomic E-state index is 12.3. The Morgan fingerprint density at radius 1 is 1.15 bits per heavy atom. The van der Waals surface area contributed by atoms with Gasteiger partial charge in [0.05, 0.1) is 12.8 Å². The number of nitrogens with one attached hydrogen (secondary N) is 3. The van der Waals surface area contributed by atoms with Crippen LogP contribution in [0.15, 0.2) is 48.5 Å². The summed E-state index contributed by atoms with van der Waals surface area (Å²) >= 11 is 0. The normalized spacial score (nSPS) is 11.3. The SMILES string of the molecule is CNC(=O)c1ccc(OC)c(NC(=O)NCC(C)N(C)c2ccccc2)c1. The fourth-order valence-electron chi connectivity index (χ4n) is 2.55. The molecule has 0 aliphatic rings. The quantitative estimate of drug-likeness (QED) is 0.700. The highest BCUT2D eigenvalue weighted by molar-refractivity contribution is 5.97. The van der Waals surface area contributed by atoms with Crippen LogP contribution in [0.5, 0.6) is 5.75 Å². The molecular formula is C20H26N4O3. The lowest BCUT2D eigenvalue weighted by molar-refractivity contribution is 0.0963. The fraction of sp³-hybridized carbons (Fsp3) is 0.300. The van der Waals surface area contributed by atoms with Crippen LogP contribution in [0.4, 0.5) is 16.2 Å². The number of methoxy groups -OCH3 is 1. The van der Waals surface area contributed by atoms with Crippen LogP contribution in [-0.2, 0) is 0 Å². The Labute approximate surface area is 159 Å². The van der Waals surface area contributed by atoms with Gasteiger partial charge in [0.25, 0.3) is 5.91 Å². The first-order chi connectivity index (χ1) is 13.0. The van der Waals surface area contributed by atoms with Crippen LogP contribution >= 0.6 is 0 Å². The first-order valence-corrected chi connectivity index (χ1v) is 8.69. The fourth-order valence-corrected chi connectivity index (χ4v) is 2.55. The van der Waals surface area contributed by atoms with E-state index in [2.05, 4.69) is 20.9 Å². The minimum absolute atomic E-state index is 0.0947. The number of ether oxygens (including phenoxy) is 1. The summed E-state index contributed by atoms with van der Waals surface area (Å²) in [4.78, 5) is 26.2. The maximum atomic E-state index is 12.3. The van der Waals surface area contributed by atoms with Crippen molar-refractivity contribution in [3.05, 3.63) is 54.1 Å². The number of para-hydroxylation sites is 1. The average molecular weight is 370 g/mol. The van der Waals surface area contributed by atoms with E-state index in [9.17, 15) is 9.59 Å². The van der Waals surface area contributed by atoms with Gasteiger partial charge in [-0.3, -0.25) is 4.79 Å². The standard InChI is InChI=1S/C20H26N4O3/c1-14(24(3)16-8-6-5-7-9-16)13-22-20(26)23-17-12-15(19(25)21-2)10-11-18(17)27-4/h5-12,14H,13H2,1-4H3,(H,21,25)(H2,22,23,26). The largest absolute Gasteiger partial charge is 0.495 e. The van der Waals surface area contributed by atoms with Gasteiger partial charge in [0.2, 0.25) is 0 Å². The number of rotatable bonds is 7. The molecule has 0 aromatic heterocycles. The van der Waals surface area contributed by atoms with E-state index >= 15 is 0 Å². The number of urea groups is 1. The second-order valence-electron chi connectivity index (χ2n) is 6.12. The van der Waals surface area contributed by atoms with Crippen molar-refractivity contribution < 1.29 is 14.3 Å². The van der Waals surface area contributed by atoms with E-state index in [4.69, 9.17) is 4.74 Å². The van der Waals surface area contributed by atoms with Gasteiger partial charge in [-0.1, -0.05) is 18.2 Å². The Hall–Kier alpha value is -3.22. The molecule has 1 atom stereocenters. The van der Waals surface area contributed by atoms with E-state index in [-0.39, 0.29) is 18.0 Å². The van der Waals surface area contributed by atoms with Crippen molar-refractivity contribution in [2.24, 2.45) is 0 Å². The van der Waals surface area contributed by atoms with Crippen molar-refractivity contribution in [3.63, 3.8) is 0 Å². The summed E-state index contributed by atoms with van der Waals surface area (Å²) in [5, 5.41) is 8.14. The number of nitrogens with zero attached hydrogens (tertiary/aromatic N) is 1. The van der Waals surface area contributed by atoms with Gasteiger partial charge in [0.1, 0.15) is 5.75 Å². The molecule has 0 radical (unpaired) electrons. The third-order valence-corrected chi connectivity index (χ3v) is 4.32. The average Bonchev–Trinajstić information content (AvgIpc) is 2.71. The third kappa shape index (κ3) is 5.37. The van der Waals surface area contributed by atoms with Crippen molar-refractivity contribution in [1.82, 2.24) is 10.6 Å². The van der Waals surface area contributed by atoms with Crippen LogP contribution in [0.1, 0.15) is 17.3 Å². The molecule has 27 heavy (non-hydrogen) atoms. The first-order valence-electron chi connectivity index (χ1n) is 8.69. The zero-order valence-electron chi connectivity index (χ0n) is 16.1. The molecule has 0 aliphatic carbocycles. The number of anilines is 2. The zero-order valence-corrected chi connectivity index (χ0v) is 16.1. The van der Waals surface area contributed by atoms with E-state index in [0.29, 0.717) is 23.5 Å². The molecule has 0 aliphatic heterocycles. The van der Waals surface area contributed by atoms with Gasteiger partial charge >= 0.3 is 6.03 Å². The molecule has 7 nitrogen and oxygen atoms in total. The molecule has 144 valence electrons. The summed E-state index contributed by atoms with van der Waals surface area (Å²) in [5.41, 5.74) is 1.94. The Kier molecular flexibility index (Phi) is 7.05. The van der Waals surface area contributed by atoms with Gasteiger partial charge in [-0.25, -0.2) is 4.79 Å². The zero-order chi connectivity index (χ0) is 19.8. The van der Waals surface area contributed by atoms with Gasteiger partial charge in [0, 0.05) is 37.9 Å². The molecule has 0 saturated heterocycles. The van der Waals surface area contributed by atoms with Gasteiger partial charge in [-0.05, 0) is 37.3 Å². The monoisotopic (exact) mass is 370 g/mol. The number of amides is 3. The predicted molar refractivity (Wildman–Crippen MR) is 108 cm³/mol. The molecular weight excluding hydrogens is 344 g/mol. The lowest BCUT2D eigenvalue weighted by Gasteiger charge is -2.27. The van der Waals surface area contributed by atoms with Crippen LogP contribution < -0.4 is 25.6 Å². The number of hydrogen-bond acceptors (Lipinski definition) is 4. The minimum Gasteiger partial charge on any atom is -0.495 e. The van der Waals surface area contributed by atoms with Gasteiger partial charge in [-0.15, -0.1) is 0 Å². The Bertz CT molecular complexity index is 780. The van der Waals surface area contributed by atoms with Gasteiger partial charge in [0.15, 0.2) is 0 Å². The first kappa shape index (κ1) is 20.1. The summed E-state index contributed by atoms with van der Waals surface area (Å²) < 4.78 is 5.25. The van der Waals surface area contributed by atoms with Crippen molar-refractivity contribution in [2.75, 3.05) is 38.0 Å². The maximum Gasteiger partial charge on any atom is 0.319 e. The molecule has 2 aromatic rings. The van der Waals surface area contributed by atoms with Crippen LogP contribution in [0.2, 0.25) is 0 Å². The Morgan fingerprint density at radius 3 is 2.48 bits per heavy atom. The van der Waals surface area contributed by atoms with Crippen molar-refractivity contribution in [1.29, 1.82) is 0 Å². The van der Waals surface area contributed by atoms with Crippen molar-refractivity contribution in [3.8, 4) is 5.75 Å². The molecule has 2 aromatic carbocycles. The number of likely N-dealkylation sites (N-methyl/N-ethyl adjacent to an activating group) is 1. The highest BCUT2D eigenvalue weighted by Crippen LogP contribution is 2.25. The number of carbonyl (C=O) groups excluding carboxylic acids is 2. The number of carbonyl (C=O) groups is 2. The second-order valence-corrected chi connectivity index (χ2v) is 6.12. The lowest BCUT2D eigenvalue weighted by atomic mass is 10.1. The van der Waals surface area contributed by atoms with Crippen molar-refractivity contribution in [2.45, 2.75) is 13.0 Å². The summed E-state index contributed by atoms with van der Waals surface area (Å²) in [7, 11) is 5.04. The third-order valence-electron chi connectivity index (χ3n) is 4.32. The summed E-state index contributed by atoms with van der Waals surface area (Å²) in [6.45, 7) is 2.48. The number of benzene rings is 2. The van der Waals surface area contributed by atoms with Crippen molar-refractivity contribution >= 4 is 23.3 Å². The highest BCUT2D eigenvalue weighted by Gasteiger charge is 2.14. The molecule has 0 spiro atoms. The Morgan fingerprint density at radius 2 is 1.85 bits per heavy atom. The molecule has 1 unspecified atom stereocenters. The molecule has 0 bridgehead atoms. The molecule has 3 amide bonds. The summed E-state index contributed by atoms with van der Waals surface area (Å²) in [6, 6.07) is 14.5. The Balaban J connectivity index is 1.98. The number of hydrogen-bond donors (Lipinski definition) is 3. The van der Waals surface area contributed by atoms with E-state index in [1.165, 1.54) is 7.11 Å². The smallest absolute Gasteiger partial charge is 0.319 e. The van der Waals surface area contributed by atoms with E-state index < -0.39 is 0 Å². The summed E-state index contributed by atoms with van der Waals surface area (Å²) in [5.74, 6) is 0.242. The van der Waals surface area contributed by atoms with Crippen LogP contribution in [0.25, 0.3) is 0 Å². The van der Waals surface area contributed by atoms with Crippen LogP contribution in [0, 0.1) is 0 Å². The highest BCUT2D eigenvalue weighted by atomic mass is 16.5. The molecule has 0 fully saturated rings.